The van der Waals surface area contributed by atoms with Gasteiger partial charge < -0.3 is 10.1 Å². The van der Waals surface area contributed by atoms with Crippen molar-refractivity contribution in [1.29, 1.82) is 0 Å². The molecule has 120 valence electrons. The van der Waals surface area contributed by atoms with E-state index in [0.717, 1.165) is 44.5 Å². The molecule has 0 atom stereocenters. The van der Waals surface area contributed by atoms with Crippen LogP contribution in [0.4, 0.5) is 0 Å². The van der Waals surface area contributed by atoms with Gasteiger partial charge in [0.05, 0.1) is 0 Å². The number of aromatic nitrogens is 3. The lowest BCUT2D eigenvalue weighted by Crippen LogP contribution is -2.29. The quantitative estimate of drug-likeness (QED) is 0.485. The minimum absolute atomic E-state index is 0.0431. The Kier molecular flexibility index (Phi) is 8.93. The van der Waals surface area contributed by atoms with Crippen molar-refractivity contribution in [2.45, 2.75) is 52.5 Å². The first-order valence-corrected chi connectivity index (χ1v) is 8.08. The number of hydrogen-bond donors (Lipinski definition) is 2. The average Bonchev–Trinajstić information content (AvgIpc) is 2.80. The molecule has 2 N–H and O–H groups in total. The summed E-state index contributed by atoms with van der Waals surface area (Å²) in [7, 11) is 0. The number of H-pyrrole nitrogens is 1. The Morgan fingerprint density at radius 1 is 1.33 bits per heavy atom. The zero-order chi connectivity index (χ0) is 15.5. The minimum Gasteiger partial charge on any atom is -0.381 e. The summed E-state index contributed by atoms with van der Waals surface area (Å²) in [5.41, 5.74) is 0. The van der Waals surface area contributed by atoms with Gasteiger partial charge in [-0.25, -0.2) is 0 Å². The van der Waals surface area contributed by atoms with Gasteiger partial charge >= 0.3 is 0 Å². The topological polar surface area (TPSA) is 71.9 Å². The van der Waals surface area contributed by atoms with Crippen LogP contribution in [0.5, 0.6) is 0 Å². The molecule has 21 heavy (non-hydrogen) atoms. The number of ether oxygens (including phenoxy) is 1. The van der Waals surface area contributed by atoms with Gasteiger partial charge in [-0.05, 0) is 31.5 Å². The van der Waals surface area contributed by atoms with Crippen LogP contribution in [0.2, 0.25) is 0 Å². The molecule has 0 saturated heterocycles. The predicted molar refractivity (Wildman–Crippen MR) is 84.8 cm³/mol. The lowest BCUT2D eigenvalue weighted by Gasteiger charge is -2.08. The second-order valence-corrected chi connectivity index (χ2v) is 5.34. The molecule has 1 aromatic heterocycles. The van der Waals surface area contributed by atoms with E-state index in [1.54, 1.807) is 4.57 Å². The Morgan fingerprint density at radius 3 is 2.81 bits per heavy atom. The second-order valence-electron chi connectivity index (χ2n) is 4.95. The number of hydrogen-bond acceptors (Lipinski definition) is 4. The van der Waals surface area contributed by atoms with Gasteiger partial charge in [0.25, 0.3) is 0 Å². The Labute approximate surface area is 131 Å². The predicted octanol–water partition coefficient (Wildman–Crippen LogP) is 2.22. The molecule has 7 heteroatoms. The van der Waals surface area contributed by atoms with Crippen LogP contribution in [0.1, 0.15) is 45.4 Å². The third-order valence-electron chi connectivity index (χ3n) is 3.04. The lowest BCUT2D eigenvalue weighted by molar-refractivity contribution is -0.121. The number of nitrogens with zero attached hydrogens (tertiary/aromatic N) is 2. The molecule has 0 bridgehead atoms. The Bertz CT molecular complexity index is 470. The first-order chi connectivity index (χ1) is 10.2. The molecule has 6 nitrogen and oxygen atoms in total. The van der Waals surface area contributed by atoms with Crippen LogP contribution < -0.4 is 5.32 Å². The molecule has 1 amide bonds. The number of carbonyl (C=O) groups excluding carboxylic acids is 1. The summed E-state index contributed by atoms with van der Waals surface area (Å²) in [6.45, 7) is 6.54. The molecule has 1 heterocycles. The van der Waals surface area contributed by atoms with Gasteiger partial charge in [-0.1, -0.05) is 20.3 Å². The number of aromatic amines is 1. The second kappa shape index (κ2) is 10.5. The van der Waals surface area contributed by atoms with Crippen LogP contribution in [0.15, 0.2) is 0 Å². The number of nitrogens with one attached hydrogen (secondary N) is 2. The standard InChI is InChI=1S/C14H26N4O2S/c1-3-5-9-20-10-6-8-15-13(19)11-18-12(7-4-2)16-17-14(18)21/h3-11H2,1-2H3,(H,15,19)(H,17,21). The summed E-state index contributed by atoms with van der Waals surface area (Å²) in [4.78, 5) is 11.9. The molecule has 1 aromatic rings. The van der Waals surface area contributed by atoms with Crippen LogP contribution in [0.3, 0.4) is 0 Å². The summed E-state index contributed by atoms with van der Waals surface area (Å²) in [6, 6.07) is 0. The van der Waals surface area contributed by atoms with E-state index < -0.39 is 0 Å². The average molecular weight is 314 g/mol. The third-order valence-corrected chi connectivity index (χ3v) is 3.35. The molecular formula is C14H26N4O2S. The smallest absolute Gasteiger partial charge is 0.240 e. The molecule has 0 aliphatic carbocycles. The normalized spacial score (nSPS) is 10.8. The zero-order valence-electron chi connectivity index (χ0n) is 13.0. The highest BCUT2D eigenvalue weighted by molar-refractivity contribution is 7.71. The molecule has 0 unspecified atom stereocenters. The van der Waals surface area contributed by atoms with Gasteiger partial charge in [0.1, 0.15) is 12.4 Å². The van der Waals surface area contributed by atoms with Crippen LogP contribution >= 0.6 is 12.2 Å². The van der Waals surface area contributed by atoms with Gasteiger partial charge in [0.15, 0.2) is 4.77 Å². The van der Waals surface area contributed by atoms with Gasteiger partial charge in [-0.15, -0.1) is 0 Å². The third kappa shape index (κ3) is 6.86. The summed E-state index contributed by atoms with van der Waals surface area (Å²) in [5.74, 6) is 0.791. The summed E-state index contributed by atoms with van der Waals surface area (Å²) < 4.78 is 7.70. The van der Waals surface area contributed by atoms with Gasteiger partial charge in [-0.3, -0.25) is 14.5 Å². The number of unbranched alkanes of at least 4 members (excludes halogenated alkanes) is 1. The molecule has 0 saturated carbocycles. The lowest BCUT2D eigenvalue weighted by atomic mass is 10.3. The molecule has 0 fully saturated rings. The Morgan fingerprint density at radius 2 is 2.10 bits per heavy atom. The number of aryl methyl sites for hydroxylation is 1. The van der Waals surface area contributed by atoms with E-state index in [-0.39, 0.29) is 12.5 Å². The van der Waals surface area contributed by atoms with E-state index >= 15 is 0 Å². The molecular weight excluding hydrogens is 288 g/mol. The van der Waals surface area contributed by atoms with Crippen molar-refractivity contribution >= 4 is 18.1 Å². The van der Waals surface area contributed by atoms with Crippen molar-refractivity contribution in [1.82, 2.24) is 20.1 Å². The molecule has 0 aliphatic rings. The summed E-state index contributed by atoms with van der Waals surface area (Å²) in [6.07, 6.45) is 4.84. The van der Waals surface area contributed by atoms with Crippen molar-refractivity contribution in [3.05, 3.63) is 10.6 Å². The van der Waals surface area contributed by atoms with Crippen molar-refractivity contribution in [2.24, 2.45) is 0 Å². The molecule has 0 aliphatic heterocycles. The van der Waals surface area contributed by atoms with Gasteiger partial charge in [0, 0.05) is 26.2 Å². The SMILES string of the molecule is CCCCOCCCNC(=O)Cn1c(CCC)n[nH]c1=S. The summed E-state index contributed by atoms with van der Waals surface area (Å²) in [5, 5.41) is 9.76. The molecule has 0 spiro atoms. The van der Waals surface area contributed by atoms with E-state index in [0.29, 0.717) is 17.9 Å². The number of amides is 1. The highest BCUT2D eigenvalue weighted by Gasteiger charge is 2.09. The molecule has 1 rings (SSSR count). The van der Waals surface area contributed by atoms with E-state index in [9.17, 15) is 4.79 Å². The maximum Gasteiger partial charge on any atom is 0.240 e. The van der Waals surface area contributed by atoms with Crippen LogP contribution in [-0.4, -0.2) is 40.4 Å². The maximum atomic E-state index is 11.9. The van der Waals surface area contributed by atoms with Crippen LogP contribution in [0.25, 0.3) is 0 Å². The molecule has 0 radical (unpaired) electrons. The number of carbonyl (C=O) groups is 1. The van der Waals surface area contributed by atoms with Crippen molar-refractivity contribution < 1.29 is 9.53 Å². The fourth-order valence-corrected chi connectivity index (χ4v) is 2.09. The zero-order valence-corrected chi connectivity index (χ0v) is 13.8. The highest BCUT2D eigenvalue weighted by Crippen LogP contribution is 2.01. The largest absolute Gasteiger partial charge is 0.381 e. The summed E-state index contributed by atoms with van der Waals surface area (Å²) >= 11 is 5.15. The van der Waals surface area contributed by atoms with Gasteiger partial charge in [-0.2, -0.15) is 5.10 Å². The monoisotopic (exact) mass is 314 g/mol. The minimum atomic E-state index is -0.0431. The Hall–Kier alpha value is -1.21. The van der Waals surface area contributed by atoms with Crippen molar-refractivity contribution in [3.63, 3.8) is 0 Å². The fraction of sp³-hybridized carbons (Fsp3) is 0.786. The Balaban J connectivity index is 2.25. The van der Waals surface area contributed by atoms with E-state index in [1.165, 1.54) is 0 Å². The fourth-order valence-electron chi connectivity index (χ4n) is 1.88. The van der Waals surface area contributed by atoms with E-state index in [1.807, 2.05) is 0 Å². The van der Waals surface area contributed by atoms with E-state index in [2.05, 4.69) is 29.4 Å². The number of rotatable bonds is 11. The first kappa shape index (κ1) is 17.8. The maximum absolute atomic E-state index is 11.9. The van der Waals surface area contributed by atoms with Crippen LogP contribution in [-0.2, 0) is 22.5 Å². The first-order valence-electron chi connectivity index (χ1n) is 7.67. The van der Waals surface area contributed by atoms with Crippen LogP contribution in [0, 0.1) is 4.77 Å². The van der Waals surface area contributed by atoms with Crippen molar-refractivity contribution in [2.75, 3.05) is 19.8 Å². The van der Waals surface area contributed by atoms with Crippen molar-refractivity contribution in [3.8, 4) is 0 Å². The van der Waals surface area contributed by atoms with E-state index in [4.69, 9.17) is 17.0 Å². The highest BCUT2D eigenvalue weighted by atomic mass is 32.1. The van der Waals surface area contributed by atoms with Gasteiger partial charge in [0.2, 0.25) is 5.91 Å². The molecule has 0 aromatic carbocycles.